The Bertz CT molecular complexity index is 472. The topological polar surface area (TPSA) is 36.4 Å². The van der Waals surface area contributed by atoms with Crippen molar-refractivity contribution in [1.82, 2.24) is 10.7 Å². The number of thiocarbonyl (C=S) groups is 1. The van der Waals surface area contributed by atoms with E-state index in [4.69, 9.17) is 12.2 Å². The summed E-state index contributed by atoms with van der Waals surface area (Å²) >= 11 is 4.96. The van der Waals surface area contributed by atoms with E-state index in [0.29, 0.717) is 10.8 Å². The fourth-order valence-corrected chi connectivity index (χ4v) is 1.55. The van der Waals surface area contributed by atoms with Gasteiger partial charge in [-0.3, -0.25) is 5.43 Å². The van der Waals surface area contributed by atoms with E-state index in [1.54, 1.807) is 6.92 Å². The predicted octanol–water partition coefficient (Wildman–Crippen LogP) is 2.56. The highest BCUT2D eigenvalue weighted by Gasteiger charge is 2.07. The van der Waals surface area contributed by atoms with Gasteiger partial charge in [-0.1, -0.05) is 0 Å². The molecular formula is C12H15F2N3S. The summed E-state index contributed by atoms with van der Waals surface area (Å²) in [7, 11) is 0. The lowest BCUT2D eigenvalue weighted by molar-refractivity contribution is 0.597. The molecule has 0 saturated carbocycles. The average molecular weight is 271 g/mol. The van der Waals surface area contributed by atoms with Crippen LogP contribution in [0, 0.1) is 11.6 Å². The van der Waals surface area contributed by atoms with E-state index >= 15 is 0 Å². The normalized spacial score (nSPS) is 11.6. The maximum Gasteiger partial charge on any atom is 0.187 e. The third kappa shape index (κ3) is 4.37. The molecular weight excluding hydrogens is 256 g/mol. The Balaban J connectivity index is 2.77. The largest absolute Gasteiger partial charge is 0.359 e. The zero-order valence-corrected chi connectivity index (χ0v) is 11.2. The maximum atomic E-state index is 13.4. The monoisotopic (exact) mass is 271 g/mol. The fraction of sp³-hybridized carbons (Fsp3) is 0.333. The first-order valence-corrected chi connectivity index (χ1v) is 5.87. The molecule has 1 aromatic carbocycles. The Labute approximate surface area is 110 Å². The molecule has 98 valence electrons. The van der Waals surface area contributed by atoms with Crippen LogP contribution in [-0.4, -0.2) is 16.9 Å². The van der Waals surface area contributed by atoms with Crippen LogP contribution in [0.5, 0.6) is 0 Å². The third-order valence-corrected chi connectivity index (χ3v) is 2.27. The highest BCUT2D eigenvalue weighted by atomic mass is 32.1. The van der Waals surface area contributed by atoms with E-state index in [9.17, 15) is 8.78 Å². The SMILES string of the molecule is C/C(=N/NC(=S)NC(C)C)c1cc(F)ccc1F. The van der Waals surface area contributed by atoms with E-state index in [-0.39, 0.29) is 11.6 Å². The molecule has 0 aromatic heterocycles. The summed E-state index contributed by atoms with van der Waals surface area (Å²) in [6.07, 6.45) is 0. The van der Waals surface area contributed by atoms with Crippen molar-refractivity contribution in [1.29, 1.82) is 0 Å². The Kier molecular flexibility index (Phi) is 5.15. The second-order valence-corrected chi connectivity index (χ2v) is 4.47. The summed E-state index contributed by atoms with van der Waals surface area (Å²) in [6.45, 7) is 5.43. The van der Waals surface area contributed by atoms with Crippen molar-refractivity contribution in [2.45, 2.75) is 26.8 Å². The highest BCUT2D eigenvalue weighted by Crippen LogP contribution is 2.10. The van der Waals surface area contributed by atoms with Crippen LogP contribution >= 0.6 is 12.2 Å². The van der Waals surface area contributed by atoms with Crippen LogP contribution in [0.25, 0.3) is 0 Å². The first kappa shape index (κ1) is 14.5. The number of halogens is 2. The Morgan fingerprint density at radius 1 is 1.33 bits per heavy atom. The van der Waals surface area contributed by atoms with Crippen molar-refractivity contribution in [3.8, 4) is 0 Å². The maximum absolute atomic E-state index is 13.4. The van der Waals surface area contributed by atoms with Gasteiger partial charge in [-0.25, -0.2) is 8.78 Å². The lowest BCUT2D eigenvalue weighted by Crippen LogP contribution is -2.37. The van der Waals surface area contributed by atoms with Crippen molar-refractivity contribution in [2.75, 3.05) is 0 Å². The Morgan fingerprint density at radius 3 is 2.61 bits per heavy atom. The molecule has 0 unspecified atom stereocenters. The van der Waals surface area contributed by atoms with Crippen molar-refractivity contribution in [3.05, 3.63) is 35.4 Å². The van der Waals surface area contributed by atoms with Crippen molar-refractivity contribution in [3.63, 3.8) is 0 Å². The summed E-state index contributed by atoms with van der Waals surface area (Å²) in [4.78, 5) is 0. The van der Waals surface area contributed by atoms with Gasteiger partial charge in [0.25, 0.3) is 0 Å². The van der Waals surface area contributed by atoms with Gasteiger partial charge in [0.1, 0.15) is 11.6 Å². The van der Waals surface area contributed by atoms with Gasteiger partial charge in [-0.05, 0) is 51.2 Å². The van der Waals surface area contributed by atoms with Crippen molar-refractivity contribution >= 4 is 23.0 Å². The van der Waals surface area contributed by atoms with Crippen LogP contribution in [0.4, 0.5) is 8.78 Å². The summed E-state index contributed by atoms with van der Waals surface area (Å²) in [6, 6.07) is 3.39. The van der Waals surface area contributed by atoms with Gasteiger partial charge in [-0.2, -0.15) is 5.10 Å². The van der Waals surface area contributed by atoms with Gasteiger partial charge < -0.3 is 5.32 Å². The molecule has 0 heterocycles. The average Bonchev–Trinajstić information content (AvgIpc) is 2.28. The second kappa shape index (κ2) is 6.39. The predicted molar refractivity (Wildman–Crippen MR) is 72.6 cm³/mol. The standard InChI is InChI=1S/C12H15F2N3S/c1-7(2)15-12(18)17-16-8(3)10-6-9(13)4-5-11(10)14/h4-7H,1-3H3,(H2,15,17,18)/b16-8-. The number of hydrazone groups is 1. The smallest absolute Gasteiger partial charge is 0.187 e. The van der Waals surface area contributed by atoms with Crippen LogP contribution in [0.2, 0.25) is 0 Å². The third-order valence-electron chi connectivity index (χ3n) is 2.06. The number of rotatable bonds is 3. The first-order valence-electron chi connectivity index (χ1n) is 5.46. The summed E-state index contributed by atoms with van der Waals surface area (Å²) in [5.41, 5.74) is 3.00. The van der Waals surface area contributed by atoms with E-state index in [2.05, 4.69) is 15.8 Å². The van der Waals surface area contributed by atoms with Gasteiger partial charge in [0.15, 0.2) is 5.11 Å². The lowest BCUT2D eigenvalue weighted by atomic mass is 10.1. The number of benzene rings is 1. The molecule has 0 aliphatic rings. The minimum Gasteiger partial charge on any atom is -0.359 e. The lowest BCUT2D eigenvalue weighted by Gasteiger charge is -2.10. The molecule has 1 aromatic rings. The molecule has 0 aliphatic carbocycles. The Morgan fingerprint density at radius 2 is 2.00 bits per heavy atom. The van der Waals surface area contributed by atoms with Crippen molar-refractivity contribution in [2.24, 2.45) is 5.10 Å². The molecule has 0 saturated heterocycles. The van der Waals surface area contributed by atoms with E-state index in [1.807, 2.05) is 13.8 Å². The highest BCUT2D eigenvalue weighted by molar-refractivity contribution is 7.80. The minimum absolute atomic E-state index is 0.106. The molecule has 3 nitrogen and oxygen atoms in total. The number of nitrogens with one attached hydrogen (secondary N) is 2. The van der Waals surface area contributed by atoms with Gasteiger partial charge in [0.2, 0.25) is 0 Å². The second-order valence-electron chi connectivity index (χ2n) is 4.06. The number of hydrogen-bond acceptors (Lipinski definition) is 2. The molecule has 0 spiro atoms. The molecule has 0 atom stereocenters. The molecule has 0 amide bonds. The van der Waals surface area contributed by atoms with Gasteiger partial charge in [0, 0.05) is 11.6 Å². The van der Waals surface area contributed by atoms with Crippen LogP contribution in [0.1, 0.15) is 26.3 Å². The van der Waals surface area contributed by atoms with Crippen LogP contribution in [0.15, 0.2) is 23.3 Å². The molecule has 18 heavy (non-hydrogen) atoms. The van der Waals surface area contributed by atoms with E-state index < -0.39 is 11.6 Å². The molecule has 2 N–H and O–H groups in total. The van der Waals surface area contributed by atoms with Crippen LogP contribution < -0.4 is 10.7 Å². The quantitative estimate of drug-likeness (QED) is 0.504. The summed E-state index contributed by atoms with van der Waals surface area (Å²) < 4.78 is 26.4. The fourth-order valence-electron chi connectivity index (χ4n) is 1.26. The summed E-state index contributed by atoms with van der Waals surface area (Å²) in [5, 5.41) is 7.16. The molecule has 0 radical (unpaired) electrons. The zero-order chi connectivity index (χ0) is 13.7. The zero-order valence-electron chi connectivity index (χ0n) is 10.4. The molecule has 0 bridgehead atoms. The molecule has 1 rings (SSSR count). The Hall–Kier alpha value is -1.56. The van der Waals surface area contributed by atoms with E-state index in [0.717, 1.165) is 18.2 Å². The van der Waals surface area contributed by atoms with Crippen LogP contribution in [0.3, 0.4) is 0 Å². The van der Waals surface area contributed by atoms with Gasteiger partial charge in [-0.15, -0.1) is 0 Å². The van der Waals surface area contributed by atoms with Crippen molar-refractivity contribution < 1.29 is 8.78 Å². The summed E-state index contributed by atoms with van der Waals surface area (Å²) in [5.74, 6) is -1.04. The molecule has 6 heteroatoms. The van der Waals surface area contributed by atoms with Gasteiger partial charge >= 0.3 is 0 Å². The molecule has 0 fully saturated rings. The van der Waals surface area contributed by atoms with E-state index in [1.165, 1.54) is 0 Å². The first-order chi connectivity index (χ1) is 8.40. The van der Waals surface area contributed by atoms with Gasteiger partial charge in [0.05, 0.1) is 5.71 Å². The van der Waals surface area contributed by atoms with Crippen LogP contribution in [-0.2, 0) is 0 Å². The number of hydrogen-bond donors (Lipinski definition) is 2. The number of nitrogens with zero attached hydrogens (tertiary/aromatic N) is 1. The molecule has 0 aliphatic heterocycles. The minimum atomic E-state index is -0.526.